The van der Waals surface area contributed by atoms with E-state index < -0.39 is 0 Å². The van der Waals surface area contributed by atoms with Crippen molar-refractivity contribution in [2.45, 2.75) is 13.3 Å². The van der Waals surface area contributed by atoms with E-state index in [1.54, 1.807) is 7.11 Å². The first kappa shape index (κ1) is 10.6. The summed E-state index contributed by atoms with van der Waals surface area (Å²) < 4.78 is 5.02. The molecule has 0 saturated carbocycles. The highest BCUT2D eigenvalue weighted by molar-refractivity contribution is 5.79. The fraction of sp³-hybridized carbons (Fsp3) is 0.364. The molecule has 1 radical (unpaired) electrons. The Morgan fingerprint density at radius 1 is 1.29 bits per heavy atom. The van der Waals surface area contributed by atoms with Crippen LogP contribution in [0, 0.1) is 0 Å². The van der Waals surface area contributed by atoms with Crippen LogP contribution in [0.15, 0.2) is 29.4 Å². The van der Waals surface area contributed by atoms with Gasteiger partial charge in [-0.15, -0.1) is 0 Å². The molecule has 0 aliphatic carbocycles. The van der Waals surface area contributed by atoms with Crippen molar-refractivity contribution in [3.8, 4) is 5.75 Å². The van der Waals surface area contributed by atoms with Crippen LogP contribution < -0.4 is 4.74 Å². The number of nitrogens with zero attached hydrogens (tertiary/aromatic N) is 1. The minimum absolute atomic E-state index is 0.628. The molecule has 0 saturated heterocycles. The van der Waals surface area contributed by atoms with E-state index in [1.807, 2.05) is 31.2 Å². The van der Waals surface area contributed by atoms with Gasteiger partial charge >= 0.3 is 0 Å². The largest absolute Gasteiger partial charge is 0.497 e. The van der Waals surface area contributed by atoms with Gasteiger partial charge in [0.1, 0.15) is 18.6 Å². The van der Waals surface area contributed by atoms with Gasteiger partial charge in [0, 0.05) is 5.56 Å². The zero-order chi connectivity index (χ0) is 10.2. The Kier molecular flexibility index (Phi) is 4.55. The van der Waals surface area contributed by atoms with Gasteiger partial charge in [-0.1, -0.05) is 12.1 Å². The maximum absolute atomic E-state index is 5.02. The number of hydrogen-bond donors (Lipinski definition) is 0. The van der Waals surface area contributed by atoms with E-state index in [4.69, 9.17) is 9.57 Å². The van der Waals surface area contributed by atoms with Crippen molar-refractivity contribution >= 4 is 6.21 Å². The van der Waals surface area contributed by atoms with Crippen LogP contribution in [0.1, 0.15) is 18.9 Å². The van der Waals surface area contributed by atoms with Gasteiger partial charge in [0.05, 0.1) is 7.11 Å². The third-order valence-electron chi connectivity index (χ3n) is 1.62. The fourth-order valence-electron chi connectivity index (χ4n) is 0.887. The summed E-state index contributed by atoms with van der Waals surface area (Å²) in [5, 5.41) is 3.70. The lowest BCUT2D eigenvalue weighted by Gasteiger charge is -1.98. The molecule has 0 amide bonds. The summed E-state index contributed by atoms with van der Waals surface area (Å²) in [6.07, 6.45) is 3.73. The van der Waals surface area contributed by atoms with E-state index in [1.165, 1.54) is 0 Å². The van der Waals surface area contributed by atoms with Crippen LogP contribution in [-0.4, -0.2) is 19.9 Å². The number of benzene rings is 1. The molecule has 1 rings (SSSR count). The molecular weight excluding hydrogens is 178 g/mol. The summed E-state index contributed by atoms with van der Waals surface area (Å²) >= 11 is 0. The number of methoxy groups -OCH3 is 1. The van der Waals surface area contributed by atoms with E-state index in [0.717, 1.165) is 17.7 Å². The molecule has 1 aromatic carbocycles. The second-order valence-electron chi connectivity index (χ2n) is 2.76. The van der Waals surface area contributed by atoms with Crippen molar-refractivity contribution in [3.63, 3.8) is 0 Å². The number of ether oxygens (including phenoxy) is 1. The summed E-state index contributed by atoms with van der Waals surface area (Å²) in [6, 6.07) is 7.46. The second-order valence-corrected chi connectivity index (χ2v) is 2.76. The van der Waals surface area contributed by atoms with E-state index in [9.17, 15) is 0 Å². The molecule has 75 valence electrons. The first-order valence-corrected chi connectivity index (χ1v) is 4.59. The average molecular weight is 192 g/mol. The summed E-state index contributed by atoms with van der Waals surface area (Å²) in [7, 11) is 1.64. The summed E-state index contributed by atoms with van der Waals surface area (Å²) in [5.41, 5.74) is 0.877. The van der Waals surface area contributed by atoms with Gasteiger partial charge in [-0.3, -0.25) is 0 Å². The minimum atomic E-state index is 0.628. The molecule has 0 aromatic heterocycles. The molecule has 0 unspecified atom stereocenters. The first-order valence-electron chi connectivity index (χ1n) is 4.59. The molecule has 0 fully saturated rings. The van der Waals surface area contributed by atoms with Crippen molar-refractivity contribution in [3.05, 3.63) is 29.8 Å². The van der Waals surface area contributed by atoms with Gasteiger partial charge in [-0.05, 0) is 30.7 Å². The van der Waals surface area contributed by atoms with E-state index >= 15 is 0 Å². The topological polar surface area (TPSA) is 30.8 Å². The molecular formula is C11H14NO2. The van der Waals surface area contributed by atoms with Gasteiger partial charge in [0.15, 0.2) is 0 Å². The predicted molar refractivity (Wildman–Crippen MR) is 55.8 cm³/mol. The highest BCUT2D eigenvalue weighted by Crippen LogP contribution is 2.09. The van der Waals surface area contributed by atoms with Crippen LogP contribution in [0.2, 0.25) is 0 Å². The normalized spacial score (nSPS) is 10.4. The molecule has 3 heteroatoms. The maximum atomic E-state index is 5.02. The van der Waals surface area contributed by atoms with Gasteiger partial charge in [0.2, 0.25) is 0 Å². The summed E-state index contributed by atoms with van der Waals surface area (Å²) in [4.78, 5) is 4.93. The van der Waals surface area contributed by atoms with Crippen molar-refractivity contribution in [1.82, 2.24) is 0 Å². The number of rotatable bonds is 5. The molecule has 0 bridgehead atoms. The van der Waals surface area contributed by atoms with Gasteiger partial charge in [-0.25, -0.2) is 0 Å². The lowest BCUT2D eigenvalue weighted by Crippen LogP contribution is -1.87. The van der Waals surface area contributed by atoms with Crippen molar-refractivity contribution in [2.75, 3.05) is 13.7 Å². The fourth-order valence-corrected chi connectivity index (χ4v) is 0.887. The molecule has 0 N–H and O–H groups in total. The number of hydrogen-bond acceptors (Lipinski definition) is 3. The minimum Gasteiger partial charge on any atom is -0.497 e. The second kappa shape index (κ2) is 6.02. The monoisotopic (exact) mass is 192 g/mol. The van der Waals surface area contributed by atoms with Gasteiger partial charge in [0.25, 0.3) is 0 Å². The van der Waals surface area contributed by atoms with Crippen LogP contribution in [0.5, 0.6) is 5.75 Å². The molecule has 0 heterocycles. The molecule has 3 nitrogen and oxygen atoms in total. The zero-order valence-corrected chi connectivity index (χ0v) is 8.49. The van der Waals surface area contributed by atoms with Crippen LogP contribution in [0.4, 0.5) is 0 Å². The van der Waals surface area contributed by atoms with Crippen LogP contribution >= 0.6 is 0 Å². The third-order valence-corrected chi connectivity index (χ3v) is 1.62. The Labute approximate surface area is 84.3 Å². The van der Waals surface area contributed by atoms with Gasteiger partial charge < -0.3 is 9.57 Å². The first-order chi connectivity index (χ1) is 6.86. The summed E-state index contributed by atoms with van der Waals surface area (Å²) in [6.45, 7) is 2.66. The van der Waals surface area contributed by atoms with Crippen molar-refractivity contribution < 1.29 is 9.57 Å². The Morgan fingerprint density at radius 2 is 2.00 bits per heavy atom. The van der Waals surface area contributed by atoms with Crippen LogP contribution in [-0.2, 0) is 4.84 Å². The molecule has 1 aromatic rings. The van der Waals surface area contributed by atoms with E-state index in [2.05, 4.69) is 11.4 Å². The average Bonchev–Trinajstić information content (AvgIpc) is 2.25. The molecule has 0 atom stereocenters. The Balaban J connectivity index is 2.47. The Morgan fingerprint density at radius 3 is 2.57 bits per heavy atom. The van der Waals surface area contributed by atoms with E-state index in [0.29, 0.717) is 6.61 Å². The predicted octanol–water partition coefficient (Wildman–Crippen LogP) is 2.33. The maximum Gasteiger partial charge on any atom is 0.139 e. The van der Waals surface area contributed by atoms with E-state index in [-0.39, 0.29) is 0 Å². The lowest BCUT2D eigenvalue weighted by molar-refractivity contribution is 0.146. The Hall–Kier alpha value is -1.51. The molecule has 0 aliphatic rings. The highest BCUT2D eigenvalue weighted by Gasteiger charge is 1.91. The zero-order valence-electron chi connectivity index (χ0n) is 8.49. The molecule has 0 aliphatic heterocycles. The third kappa shape index (κ3) is 3.47. The lowest BCUT2D eigenvalue weighted by atomic mass is 10.2. The summed E-state index contributed by atoms with van der Waals surface area (Å²) in [5.74, 6) is 0.824. The molecule has 0 spiro atoms. The molecule has 14 heavy (non-hydrogen) atoms. The van der Waals surface area contributed by atoms with Crippen LogP contribution in [0.3, 0.4) is 0 Å². The standard InChI is InChI=1S/C11H14NO2/c1-3-8-14-12-9-10-4-6-11(13-2)7-5-10/h4-7H,3,8H2,1-2H3. The SMILES string of the molecule is CCCO/N=[C]\c1ccc(OC)cc1. The quantitative estimate of drug-likeness (QED) is 0.407. The van der Waals surface area contributed by atoms with Crippen molar-refractivity contribution in [1.29, 1.82) is 0 Å². The Bertz CT molecular complexity index is 280. The highest BCUT2D eigenvalue weighted by atomic mass is 16.6. The van der Waals surface area contributed by atoms with Crippen LogP contribution in [0.25, 0.3) is 0 Å². The van der Waals surface area contributed by atoms with Crippen molar-refractivity contribution in [2.24, 2.45) is 5.16 Å². The smallest absolute Gasteiger partial charge is 0.139 e. The van der Waals surface area contributed by atoms with Gasteiger partial charge in [-0.2, -0.15) is 0 Å².